The highest BCUT2D eigenvalue weighted by Gasteiger charge is 2.34. The van der Waals surface area contributed by atoms with Gasteiger partial charge in [0.1, 0.15) is 0 Å². The Bertz CT molecular complexity index is 763. The first-order valence-corrected chi connectivity index (χ1v) is 13.5. The zero-order valence-corrected chi connectivity index (χ0v) is 21.4. The zero-order valence-electron chi connectivity index (χ0n) is 20.6. The van der Waals surface area contributed by atoms with Gasteiger partial charge in [0.2, 0.25) is 0 Å². The lowest BCUT2D eigenvalue weighted by Gasteiger charge is -2.26. The molecule has 1 aromatic rings. The van der Waals surface area contributed by atoms with Crippen molar-refractivity contribution in [2.45, 2.75) is 111 Å². The van der Waals surface area contributed by atoms with Crippen LogP contribution in [0.4, 0.5) is 10.5 Å². The molecule has 32 heavy (non-hydrogen) atoms. The van der Waals surface area contributed by atoms with Gasteiger partial charge in [0.05, 0.1) is 12.3 Å². The molecule has 0 fully saturated rings. The fraction of sp³-hybridized carbons (Fsp3) is 0.720. The summed E-state index contributed by atoms with van der Waals surface area (Å²) >= 11 is 0. The van der Waals surface area contributed by atoms with Crippen LogP contribution in [0.15, 0.2) is 18.2 Å². The maximum Gasteiger partial charge on any atom is 0.427 e. The van der Waals surface area contributed by atoms with Crippen molar-refractivity contribution in [1.82, 2.24) is 0 Å². The number of nitrogens with zero attached hydrogens (tertiary/aromatic N) is 1. The molecule has 0 aliphatic carbocycles. The summed E-state index contributed by atoms with van der Waals surface area (Å²) in [4.78, 5) is 12.1. The third kappa shape index (κ3) is 9.10. The van der Waals surface area contributed by atoms with Crippen LogP contribution in [0.2, 0.25) is 0 Å². The standard InChI is InChI=1S/C25H43NO5S/c1-6-7-8-9-10-11-12-13-14-15-19-31-32(29,30)26(25(27)28)24-22(20(2)3)17-16-18-23(24)21(4)5/h16-18,20-21H,6-15,19H2,1-5H3,(H,27,28). The van der Waals surface area contributed by atoms with E-state index in [2.05, 4.69) is 6.92 Å². The van der Waals surface area contributed by atoms with E-state index in [4.69, 9.17) is 4.18 Å². The molecule has 1 amide bonds. The molecule has 0 aliphatic heterocycles. The summed E-state index contributed by atoms with van der Waals surface area (Å²) in [5.74, 6) is -0.0783. The summed E-state index contributed by atoms with van der Waals surface area (Å²) in [7, 11) is -4.46. The van der Waals surface area contributed by atoms with E-state index < -0.39 is 16.4 Å². The number of unbranched alkanes of at least 4 members (excludes halogenated alkanes) is 9. The fourth-order valence-corrected chi connectivity index (χ4v) is 4.92. The van der Waals surface area contributed by atoms with Crippen LogP contribution in [0.1, 0.15) is 122 Å². The van der Waals surface area contributed by atoms with Gasteiger partial charge in [0.15, 0.2) is 0 Å². The van der Waals surface area contributed by atoms with Crippen molar-refractivity contribution in [3.8, 4) is 0 Å². The Morgan fingerprint density at radius 1 is 0.875 bits per heavy atom. The first-order chi connectivity index (χ1) is 15.1. The van der Waals surface area contributed by atoms with E-state index in [0.717, 1.165) is 19.3 Å². The van der Waals surface area contributed by atoms with E-state index in [0.29, 0.717) is 21.9 Å². The molecule has 184 valence electrons. The normalized spacial score (nSPS) is 12.0. The summed E-state index contributed by atoms with van der Waals surface area (Å²) in [6.07, 6.45) is 9.70. The van der Waals surface area contributed by atoms with Gasteiger partial charge in [-0.15, -0.1) is 4.31 Å². The van der Waals surface area contributed by atoms with E-state index in [1.54, 1.807) is 12.1 Å². The molecule has 6 nitrogen and oxygen atoms in total. The van der Waals surface area contributed by atoms with Gasteiger partial charge in [0.25, 0.3) is 0 Å². The van der Waals surface area contributed by atoms with Crippen LogP contribution in [0.3, 0.4) is 0 Å². The molecule has 0 unspecified atom stereocenters. The monoisotopic (exact) mass is 469 g/mol. The number of anilines is 1. The van der Waals surface area contributed by atoms with Crippen molar-refractivity contribution in [3.63, 3.8) is 0 Å². The third-order valence-electron chi connectivity index (χ3n) is 5.67. The number of rotatable bonds is 16. The number of hydrogen-bond acceptors (Lipinski definition) is 4. The average Bonchev–Trinajstić information content (AvgIpc) is 2.71. The van der Waals surface area contributed by atoms with Crippen LogP contribution in [0.5, 0.6) is 0 Å². The number of benzene rings is 1. The molecular formula is C25H43NO5S. The predicted molar refractivity (Wildman–Crippen MR) is 132 cm³/mol. The minimum atomic E-state index is -4.46. The molecule has 0 aromatic heterocycles. The van der Waals surface area contributed by atoms with Crippen LogP contribution in [-0.2, 0) is 14.5 Å². The van der Waals surface area contributed by atoms with Crippen molar-refractivity contribution in [2.24, 2.45) is 0 Å². The van der Waals surface area contributed by atoms with Gasteiger partial charge >= 0.3 is 16.4 Å². The number of amides is 1. The van der Waals surface area contributed by atoms with Crippen LogP contribution in [0.25, 0.3) is 0 Å². The smallest absolute Gasteiger partial charge is 0.427 e. The summed E-state index contributed by atoms with van der Waals surface area (Å²) in [5, 5.41) is 9.82. The Labute approximate surface area is 195 Å². The maximum absolute atomic E-state index is 12.9. The van der Waals surface area contributed by atoms with Crippen molar-refractivity contribution in [3.05, 3.63) is 29.3 Å². The lowest BCUT2D eigenvalue weighted by atomic mass is 9.93. The highest BCUT2D eigenvalue weighted by molar-refractivity contribution is 7.89. The molecule has 0 aliphatic rings. The van der Waals surface area contributed by atoms with Crippen LogP contribution < -0.4 is 4.31 Å². The first kappa shape index (κ1) is 28.4. The van der Waals surface area contributed by atoms with Crippen LogP contribution in [-0.4, -0.2) is 26.2 Å². The lowest BCUT2D eigenvalue weighted by molar-refractivity contribution is 0.204. The van der Waals surface area contributed by atoms with Gasteiger partial charge in [-0.1, -0.05) is 111 Å². The van der Waals surface area contributed by atoms with Gasteiger partial charge < -0.3 is 5.11 Å². The van der Waals surface area contributed by atoms with Gasteiger partial charge in [-0.2, -0.15) is 8.42 Å². The van der Waals surface area contributed by atoms with Gasteiger partial charge in [0, 0.05) is 0 Å². The minimum absolute atomic E-state index is 0.0104. The van der Waals surface area contributed by atoms with E-state index in [1.165, 1.54) is 38.5 Å². The second-order valence-electron chi connectivity index (χ2n) is 9.10. The van der Waals surface area contributed by atoms with Gasteiger partial charge in [-0.3, -0.25) is 4.18 Å². The molecule has 0 spiro atoms. The molecule has 0 bridgehead atoms. The van der Waals surface area contributed by atoms with E-state index in [-0.39, 0.29) is 24.1 Å². The fourth-order valence-electron chi connectivity index (χ4n) is 3.86. The Morgan fingerprint density at radius 2 is 1.31 bits per heavy atom. The highest BCUT2D eigenvalue weighted by atomic mass is 32.2. The Hall–Kier alpha value is -1.60. The molecular weight excluding hydrogens is 426 g/mol. The lowest BCUT2D eigenvalue weighted by Crippen LogP contribution is -2.38. The SMILES string of the molecule is CCCCCCCCCCCCOS(=O)(=O)N(C(=O)O)c1c(C(C)C)cccc1C(C)C. The summed E-state index contributed by atoms with van der Waals surface area (Å²) < 4.78 is 31.4. The second-order valence-corrected chi connectivity index (χ2v) is 10.6. The molecule has 0 radical (unpaired) electrons. The average molecular weight is 470 g/mol. The van der Waals surface area contributed by atoms with Crippen LogP contribution in [0, 0.1) is 0 Å². The number of para-hydroxylation sites is 1. The summed E-state index contributed by atoms with van der Waals surface area (Å²) in [6.45, 7) is 9.87. The molecule has 0 atom stereocenters. The number of carboxylic acid groups (broad SMARTS) is 1. The number of carbonyl (C=O) groups is 1. The van der Waals surface area contributed by atoms with E-state index in [1.807, 2.05) is 33.8 Å². The van der Waals surface area contributed by atoms with Crippen molar-refractivity contribution in [2.75, 3.05) is 10.9 Å². The minimum Gasteiger partial charge on any atom is -0.464 e. The zero-order chi connectivity index (χ0) is 24.1. The van der Waals surface area contributed by atoms with Crippen molar-refractivity contribution in [1.29, 1.82) is 0 Å². The molecule has 1 rings (SSSR count). The van der Waals surface area contributed by atoms with Gasteiger partial charge in [-0.05, 0) is 29.4 Å². The molecule has 0 saturated heterocycles. The Morgan fingerprint density at radius 3 is 1.72 bits per heavy atom. The largest absolute Gasteiger partial charge is 0.464 e. The van der Waals surface area contributed by atoms with E-state index in [9.17, 15) is 18.3 Å². The third-order valence-corrected chi connectivity index (χ3v) is 6.92. The highest BCUT2D eigenvalue weighted by Crippen LogP contribution is 2.37. The predicted octanol–water partition coefficient (Wildman–Crippen LogP) is 7.60. The number of hydrogen-bond donors (Lipinski definition) is 1. The molecule has 7 heteroatoms. The van der Waals surface area contributed by atoms with Crippen molar-refractivity contribution < 1.29 is 22.5 Å². The molecule has 1 N–H and O–H groups in total. The van der Waals surface area contributed by atoms with Crippen molar-refractivity contribution >= 4 is 22.1 Å². The topological polar surface area (TPSA) is 83.9 Å². The summed E-state index contributed by atoms with van der Waals surface area (Å²) in [6, 6.07) is 5.39. The second kappa shape index (κ2) is 14.5. The molecule has 0 heterocycles. The Kier molecular flexibility index (Phi) is 12.9. The summed E-state index contributed by atoms with van der Waals surface area (Å²) in [5.41, 5.74) is 1.54. The molecule has 1 aromatic carbocycles. The van der Waals surface area contributed by atoms with Gasteiger partial charge in [-0.25, -0.2) is 4.79 Å². The quantitative estimate of drug-likeness (QED) is 0.252. The van der Waals surface area contributed by atoms with E-state index >= 15 is 0 Å². The van der Waals surface area contributed by atoms with Crippen LogP contribution >= 0.6 is 0 Å². The maximum atomic E-state index is 12.9. The Balaban J connectivity index is 2.72. The first-order valence-electron chi connectivity index (χ1n) is 12.2. The molecule has 0 saturated carbocycles.